The van der Waals surface area contributed by atoms with Crippen molar-refractivity contribution in [2.24, 2.45) is 5.92 Å². The average molecular weight is 437 g/mol. The molecular weight excluding hydrogens is 408 g/mol. The molecule has 2 aliphatic heterocycles. The first-order chi connectivity index (χ1) is 14.3. The quantitative estimate of drug-likeness (QED) is 0.658. The van der Waals surface area contributed by atoms with E-state index in [4.69, 9.17) is 0 Å². The summed E-state index contributed by atoms with van der Waals surface area (Å²) in [6.45, 7) is 1.49. The first-order valence-electron chi connectivity index (χ1n) is 10.3. The summed E-state index contributed by atoms with van der Waals surface area (Å²) in [5, 5.41) is 9.41. The lowest BCUT2D eigenvalue weighted by Gasteiger charge is -2.27. The number of sulfone groups is 1. The van der Waals surface area contributed by atoms with Crippen LogP contribution in [0.1, 0.15) is 37.7 Å². The number of carbonyl (C=O) groups excluding carboxylic acids is 2. The summed E-state index contributed by atoms with van der Waals surface area (Å²) < 4.78 is 25.7. The summed E-state index contributed by atoms with van der Waals surface area (Å²) >= 11 is 0. The topological polar surface area (TPSA) is 112 Å². The molecule has 0 unspecified atom stereocenters. The Morgan fingerprint density at radius 3 is 2.33 bits per heavy atom. The maximum Gasteiger partial charge on any atom is 0.326 e. The minimum Gasteiger partial charge on any atom is -0.480 e. The van der Waals surface area contributed by atoms with E-state index < -0.39 is 39.4 Å². The lowest BCUT2D eigenvalue weighted by Crippen LogP contribution is -2.46. The van der Waals surface area contributed by atoms with E-state index in [0.717, 1.165) is 12.8 Å². The Hall–Kier alpha value is -2.42. The molecule has 0 bridgehead atoms. The van der Waals surface area contributed by atoms with E-state index in [2.05, 4.69) is 0 Å². The second-order valence-corrected chi connectivity index (χ2v) is 10.2. The van der Waals surface area contributed by atoms with E-state index in [1.165, 1.54) is 4.90 Å². The van der Waals surface area contributed by atoms with E-state index in [1.54, 1.807) is 35.2 Å². The van der Waals surface area contributed by atoms with E-state index >= 15 is 0 Å². The fourth-order valence-electron chi connectivity index (χ4n) is 4.24. The zero-order valence-corrected chi connectivity index (χ0v) is 17.7. The number of amides is 2. The van der Waals surface area contributed by atoms with Gasteiger partial charge in [-0.05, 0) is 31.2 Å². The highest BCUT2D eigenvalue weighted by atomic mass is 32.2. The minimum atomic E-state index is -3.68. The van der Waals surface area contributed by atoms with Crippen molar-refractivity contribution in [2.45, 2.75) is 43.9 Å². The number of hydrogen-bond donors (Lipinski definition) is 1. The number of aliphatic carboxylic acids is 1. The van der Waals surface area contributed by atoms with Gasteiger partial charge in [0, 0.05) is 26.1 Å². The van der Waals surface area contributed by atoms with Gasteiger partial charge in [0.1, 0.15) is 6.04 Å². The molecule has 2 saturated heterocycles. The van der Waals surface area contributed by atoms with Gasteiger partial charge in [0.15, 0.2) is 9.84 Å². The SMILES string of the molecule is O=C(O)[C@@H]1CCCN1C(=O)[C@@H](CC(=O)N1CCCC1)CS(=O)(=O)Cc1ccccc1. The number of benzene rings is 1. The van der Waals surface area contributed by atoms with Gasteiger partial charge >= 0.3 is 5.97 Å². The maximum atomic E-state index is 13.2. The number of likely N-dealkylation sites (tertiary alicyclic amines) is 2. The van der Waals surface area contributed by atoms with Gasteiger partial charge in [0.2, 0.25) is 11.8 Å². The Balaban J connectivity index is 1.78. The third kappa shape index (κ3) is 5.59. The van der Waals surface area contributed by atoms with Crippen molar-refractivity contribution in [3.8, 4) is 0 Å². The van der Waals surface area contributed by atoms with E-state index in [0.29, 0.717) is 31.5 Å². The van der Waals surface area contributed by atoms with Crippen molar-refractivity contribution in [1.29, 1.82) is 0 Å². The van der Waals surface area contributed by atoms with Crippen molar-refractivity contribution in [3.63, 3.8) is 0 Å². The number of carbonyl (C=O) groups is 3. The molecule has 1 N–H and O–H groups in total. The summed E-state index contributed by atoms with van der Waals surface area (Å²) in [5.41, 5.74) is 0.610. The Morgan fingerprint density at radius 2 is 1.70 bits per heavy atom. The monoisotopic (exact) mass is 436 g/mol. The Kier molecular flexibility index (Phi) is 7.12. The lowest BCUT2D eigenvalue weighted by molar-refractivity contribution is -0.150. The molecule has 2 atom stereocenters. The maximum absolute atomic E-state index is 13.2. The average Bonchev–Trinajstić information content (AvgIpc) is 3.39. The predicted octanol–water partition coefficient (Wildman–Crippen LogP) is 1.31. The van der Waals surface area contributed by atoms with Gasteiger partial charge in [0.25, 0.3) is 0 Å². The highest BCUT2D eigenvalue weighted by Gasteiger charge is 2.39. The fraction of sp³-hybridized carbons (Fsp3) is 0.571. The first-order valence-corrected chi connectivity index (χ1v) is 12.1. The van der Waals surface area contributed by atoms with E-state index in [1.807, 2.05) is 0 Å². The number of nitrogens with zero attached hydrogens (tertiary/aromatic N) is 2. The van der Waals surface area contributed by atoms with Crippen LogP contribution >= 0.6 is 0 Å². The first kappa shape index (κ1) is 22.3. The van der Waals surface area contributed by atoms with Crippen molar-refractivity contribution < 1.29 is 27.9 Å². The van der Waals surface area contributed by atoms with Crippen LogP contribution in [0.2, 0.25) is 0 Å². The molecule has 8 nitrogen and oxygen atoms in total. The molecule has 9 heteroatoms. The molecule has 0 radical (unpaired) electrons. The molecule has 164 valence electrons. The molecule has 2 heterocycles. The molecule has 1 aromatic rings. The van der Waals surface area contributed by atoms with Gasteiger partial charge in [-0.15, -0.1) is 0 Å². The smallest absolute Gasteiger partial charge is 0.326 e. The zero-order valence-electron chi connectivity index (χ0n) is 16.9. The molecule has 3 rings (SSSR count). The van der Waals surface area contributed by atoms with Gasteiger partial charge in [-0.25, -0.2) is 13.2 Å². The predicted molar refractivity (Wildman–Crippen MR) is 110 cm³/mol. The van der Waals surface area contributed by atoms with E-state index in [9.17, 15) is 27.9 Å². The fourth-order valence-corrected chi connectivity index (χ4v) is 5.93. The summed E-state index contributed by atoms with van der Waals surface area (Å²) in [7, 11) is -3.68. The molecule has 2 amide bonds. The molecule has 0 aliphatic carbocycles. The van der Waals surface area contributed by atoms with Crippen LogP contribution < -0.4 is 0 Å². The molecule has 0 saturated carbocycles. The van der Waals surface area contributed by atoms with Crippen LogP contribution in [0.5, 0.6) is 0 Å². The zero-order chi connectivity index (χ0) is 21.7. The summed E-state index contributed by atoms with van der Waals surface area (Å²) in [6.07, 6.45) is 2.46. The van der Waals surface area contributed by atoms with Crippen LogP contribution in [-0.4, -0.2) is 72.5 Å². The Labute approximate surface area is 176 Å². The van der Waals surface area contributed by atoms with Gasteiger partial charge in [-0.1, -0.05) is 30.3 Å². The number of hydrogen-bond acceptors (Lipinski definition) is 5. The van der Waals surface area contributed by atoms with Crippen molar-refractivity contribution in [3.05, 3.63) is 35.9 Å². The second-order valence-electron chi connectivity index (χ2n) is 8.06. The largest absolute Gasteiger partial charge is 0.480 e. The molecule has 2 aliphatic rings. The normalized spacial score (nSPS) is 20.3. The summed E-state index contributed by atoms with van der Waals surface area (Å²) in [4.78, 5) is 40.3. The number of carboxylic acid groups (broad SMARTS) is 1. The minimum absolute atomic E-state index is 0.213. The van der Waals surface area contributed by atoms with Crippen molar-refractivity contribution in [1.82, 2.24) is 9.80 Å². The molecule has 0 aromatic heterocycles. The van der Waals surface area contributed by atoms with Crippen LogP contribution in [-0.2, 0) is 30.0 Å². The highest BCUT2D eigenvalue weighted by Crippen LogP contribution is 2.24. The van der Waals surface area contributed by atoms with Gasteiger partial charge in [-0.2, -0.15) is 0 Å². The van der Waals surface area contributed by atoms with Crippen LogP contribution in [0.15, 0.2) is 30.3 Å². The third-order valence-corrected chi connectivity index (χ3v) is 7.42. The van der Waals surface area contributed by atoms with Crippen LogP contribution in [0, 0.1) is 5.92 Å². The van der Waals surface area contributed by atoms with Gasteiger partial charge in [-0.3, -0.25) is 9.59 Å². The molecule has 30 heavy (non-hydrogen) atoms. The second kappa shape index (κ2) is 9.59. The Bertz CT molecular complexity index is 880. The molecule has 0 spiro atoms. The molecular formula is C21H28N2O6S. The standard InChI is InChI=1S/C21H28N2O6S/c24-19(22-10-4-5-11-22)13-17(20(25)23-12-6-9-18(23)21(26)27)15-30(28,29)14-16-7-2-1-3-8-16/h1-3,7-8,17-18H,4-6,9-15H2,(H,26,27)/t17-,18-/m0/s1. The van der Waals surface area contributed by atoms with Crippen LogP contribution in [0.3, 0.4) is 0 Å². The number of rotatable bonds is 8. The number of carboxylic acids is 1. The van der Waals surface area contributed by atoms with Crippen LogP contribution in [0.4, 0.5) is 0 Å². The van der Waals surface area contributed by atoms with Crippen molar-refractivity contribution in [2.75, 3.05) is 25.4 Å². The summed E-state index contributed by atoms with van der Waals surface area (Å²) in [5.74, 6) is -3.67. The van der Waals surface area contributed by atoms with Gasteiger partial charge in [0.05, 0.1) is 17.4 Å². The van der Waals surface area contributed by atoms with Crippen LogP contribution in [0.25, 0.3) is 0 Å². The summed E-state index contributed by atoms with van der Waals surface area (Å²) in [6, 6.07) is 7.71. The highest BCUT2D eigenvalue weighted by molar-refractivity contribution is 7.90. The molecule has 2 fully saturated rings. The van der Waals surface area contributed by atoms with E-state index in [-0.39, 0.29) is 24.6 Å². The molecule has 1 aromatic carbocycles. The lowest BCUT2D eigenvalue weighted by atomic mass is 10.0. The van der Waals surface area contributed by atoms with Crippen molar-refractivity contribution >= 4 is 27.6 Å². The third-order valence-electron chi connectivity index (χ3n) is 5.73. The Morgan fingerprint density at radius 1 is 1.03 bits per heavy atom. The van der Waals surface area contributed by atoms with Gasteiger partial charge < -0.3 is 14.9 Å².